The van der Waals surface area contributed by atoms with Crippen LogP contribution in [0.25, 0.3) is 10.4 Å². The van der Waals surface area contributed by atoms with Gasteiger partial charge in [0.05, 0.1) is 6.61 Å². The third kappa shape index (κ3) is 3.32. The third-order valence-electron chi connectivity index (χ3n) is 5.89. The van der Waals surface area contributed by atoms with Crippen molar-refractivity contribution in [2.75, 3.05) is 19.7 Å². The largest absolute Gasteiger partial charge is 0.369 e. The van der Waals surface area contributed by atoms with E-state index >= 15 is 0 Å². The molecular weight excluding hydrogens is 384 g/mol. The Morgan fingerprint density at radius 1 is 1.07 bits per heavy atom. The number of hydrogen-bond acceptors (Lipinski definition) is 4. The molecule has 1 fully saturated rings. The van der Waals surface area contributed by atoms with Gasteiger partial charge in [0.2, 0.25) is 5.56 Å². The van der Waals surface area contributed by atoms with Gasteiger partial charge in [-0.25, -0.2) is 0 Å². The molecule has 1 spiro atoms. The number of carbonyl (C=O) groups excluding carboxylic acids is 1. The highest BCUT2D eigenvalue weighted by atomic mass is 32.1. The fourth-order valence-corrected chi connectivity index (χ4v) is 5.77. The van der Waals surface area contributed by atoms with Crippen LogP contribution in [0.3, 0.4) is 0 Å². The standard InChI is InChI=1S/C23H22N2O3S/c26-20-8-4-7-18(24-20)22(27)25-12-10-23(11-13-25)21-17(9-14-28-23)15-19(29-21)16-5-2-1-3-6-16/h1-8,15H,9-14H2,(H,24,26). The van der Waals surface area contributed by atoms with Crippen molar-refractivity contribution in [3.63, 3.8) is 0 Å². The first-order valence-electron chi connectivity index (χ1n) is 9.96. The van der Waals surface area contributed by atoms with Gasteiger partial charge < -0.3 is 14.6 Å². The molecule has 0 aliphatic carbocycles. The summed E-state index contributed by atoms with van der Waals surface area (Å²) in [5.41, 5.74) is 2.42. The number of piperidine rings is 1. The number of thiophene rings is 1. The van der Waals surface area contributed by atoms with Gasteiger partial charge in [-0.2, -0.15) is 0 Å². The minimum Gasteiger partial charge on any atom is -0.369 e. The van der Waals surface area contributed by atoms with Crippen LogP contribution in [0.2, 0.25) is 0 Å². The quantitative estimate of drug-likeness (QED) is 0.704. The summed E-state index contributed by atoms with van der Waals surface area (Å²) in [5, 5.41) is 0. The Hall–Kier alpha value is -2.70. The summed E-state index contributed by atoms with van der Waals surface area (Å²) in [7, 11) is 0. The van der Waals surface area contributed by atoms with Crippen LogP contribution >= 0.6 is 11.3 Å². The first-order valence-corrected chi connectivity index (χ1v) is 10.8. The number of aromatic nitrogens is 1. The molecule has 2 aliphatic rings. The first-order chi connectivity index (χ1) is 14.1. The maximum Gasteiger partial charge on any atom is 0.270 e. The molecule has 148 valence electrons. The third-order valence-corrected chi connectivity index (χ3v) is 7.30. The van der Waals surface area contributed by atoms with Gasteiger partial charge in [0.15, 0.2) is 0 Å². The number of likely N-dealkylation sites (tertiary alicyclic amines) is 1. The number of ether oxygens (including phenoxy) is 1. The molecule has 3 aromatic rings. The zero-order valence-corrected chi connectivity index (χ0v) is 16.8. The average molecular weight is 407 g/mol. The lowest BCUT2D eigenvalue weighted by Crippen LogP contribution is -2.48. The lowest BCUT2D eigenvalue weighted by Gasteiger charge is -2.43. The molecule has 4 heterocycles. The van der Waals surface area contributed by atoms with E-state index in [1.54, 1.807) is 12.1 Å². The molecule has 1 aromatic carbocycles. The molecule has 1 amide bonds. The summed E-state index contributed by atoms with van der Waals surface area (Å²) < 4.78 is 6.35. The molecule has 0 unspecified atom stereocenters. The molecule has 0 atom stereocenters. The van der Waals surface area contributed by atoms with Gasteiger partial charge in [-0.3, -0.25) is 9.59 Å². The van der Waals surface area contributed by atoms with Crippen LogP contribution in [0.4, 0.5) is 0 Å². The van der Waals surface area contributed by atoms with Crippen LogP contribution in [0.1, 0.15) is 33.8 Å². The SMILES string of the molecule is O=C(c1cccc(=O)[nH]1)N1CCC2(CC1)OCCc1cc(-c3ccccc3)sc12. The summed E-state index contributed by atoms with van der Waals surface area (Å²) in [5.74, 6) is -0.121. The maximum absolute atomic E-state index is 12.8. The summed E-state index contributed by atoms with van der Waals surface area (Å²) in [6, 6.07) is 17.5. The molecule has 0 bridgehead atoms. The number of fused-ring (bicyclic) bond motifs is 2. The monoisotopic (exact) mass is 406 g/mol. The van der Waals surface area contributed by atoms with Crippen molar-refractivity contribution >= 4 is 17.2 Å². The topological polar surface area (TPSA) is 62.4 Å². The Labute approximate surface area is 173 Å². The predicted octanol–water partition coefficient (Wildman–Crippen LogP) is 3.81. The van der Waals surface area contributed by atoms with Gasteiger partial charge in [0.1, 0.15) is 11.3 Å². The normalized spacial score (nSPS) is 17.9. The van der Waals surface area contributed by atoms with Crippen molar-refractivity contribution in [1.82, 2.24) is 9.88 Å². The Morgan fingerprint density at radius 2 is 1.86 bits per heavy atom. The fraction of sp³-hybridized carbons (Fsp3) is 0.304. The van der Waals surface area contributed by atoms with Crippen molar-refractivity contribution in [2.45, 2.75) is 24.9 Å². The van der Waals surface area contributed by atoms with Crippen molar-refractivity contribution in [3.8, 4) is 10.4 Å². The molecule has 1 saturated heterocycles. The van der Waals surface area contributed by atoms with Crippen molar-refractivity contribution in [2.24, 2.45) is 0 Å². The number of hydrogen-bond donors (Lipinski definition) is 1. The zero-order valence-electron chi connectivity index (χ0n) is 16.0. The van der Waals surface area contributed by atoms with Gasteiger partial charge in [-0.05, 0) is 42.5 Å². The molecular formula is C23H22N2O3S. The van der Waals surface area contributed by atoms with Crippen LogP contribution < -0.4 is 5.56 Å². The van der Waals surface area contributed by atoms with Crippen LogP contribution in [-0.2, 0) is 16.8 Å². The number of benzene rings is 1. The van der Waals surface area contributed by atoms with Crippen LogP contribution in [0, 0.1) is 0 Å². The average Bonchev–Trinajstić information content (AvgIpc) is 3.21. The molecule has 0 radical (unpaired) electrons. The number of aromatic amines is 1. The van der Waals surface area contributed by atoms with Gasteiger partial charge in [0, 0.05) is 28.9 Å². The molecule has 29 heavy (non-hydrogen) atoms. The second kappa shape index (κ2) is 7.28. The second-order valence-corrected chi connectivity index (χ2v) is 8.70. The molecule has 6 heteroatoms. The predicted molar refractivity (Wildman–Crippen MR) is 113 cm³/mol. The lowest BCUT2D eigenvalue weighted by atomic mass is 9.85. The van der Waals surface area contributed by atoms with Gasteiger partial charge in [-0.15, -0.1) is 11.3 Å². The number of amides is 1. The maximum atomic E-state index is 12.8. The highest BCUT2D eigenvalue weighted by molar-refractivity contribution is 7.15. The minimum absolute atomic E-state index is 0.121. The highest BCUT2D eigenvalue weighted by Crippen LogP contribution is 2.47. The summed E-state index contributed by atoms with van der Waals surface area (Å²) in [4.78, 5) is 31.4. The summed E-state index contributed by atoms with van der Waals surface area (Å²) in [6.07, 6.45) is 2.49. The number of pyridine rings is 1. The van der Waals surface area contributed by atoms with E-state index in [4.69, 9.17) is 4.74 Å². The number of carbonyl (C=O) groups is 1. The Bertz CT molecular complexity index is 1090. The molecule has 5 nitrogen and oxygen atoms in total. The smallest absolute Gasteiger partial charge is 0.270 e. The summed E-state index contributed by atoms with van der Waals surface area (Å²) in [6.45, 7) is 1.96. The van der Waals surface area contributed by atoms with E-state index in [1.165, 1.54) is 26.9 Å². The molecule has 0 saturated carbocycles. The van der Waals surface area contributed by atoms with Crippen molar-refractivity contribution in [3.05, 3.63) is 81.1 Å². The van der Waals surface area contributed by atoms with E-state index in [1.807, 2.05) is 22.3 Å². The number of rotatable bonds is 2. The second-order valence-electron chi connectivity index (χ2n) is 7.64. The molecule has 2 aliphatic heterocycles. The zero-order chi connectivity index (χ0) is 19.8. The Morgan fingerprint density at radius 3 is 2.62 bits per heavy atom. The van der Waals surface area contributed by atoms with E-state index in [0.29, 0.717) is 18.8 Å². The highest BCUT2D eigenvalue weighted by Gasteiger charge is 2.43. The lowest BCUT2D eigenvalue weighted by molar-refractivity contribution is -0.0906. The van der Waals surface area contributed by atoms with Crippen molar-refractivity contribution in [1.29, 1.82) is 0 Å². The van der Waals surface area contributed by atoms with Crippen LogP contribution in [-0.4, -0.2) is 35.5 Å². The number of nitrogens with one attached hydrogen (secondary N) is 1. The minimum atomic E-state index is -0.299. The van der Waals surface area contributed by atoms with E-state index in [-0.39, 0.29) is 17.1 Å². The molecule has 5 rings (SSSR count). The molecule has 2 aromatic heterocycles. The van der Waals surface area contributed by atoms with Crippen LogP contribution in [0.15, 0.2) is 59.4 Å². The van der Waals surface area contributed by atoms with Crippen LogP contribution in [0.5, 0.6) is 0 Å². The number of H-pyrrole nitrogens is 1. The van der Waals surface area contributed by atoms with E-state index in [2.05, 4.69) is 35.3 Å². The summed E-state index contributed by atoms with van der Waals surface area (Å²) >= 11 is 1.83. The molecule has 1 N–H and O–H groups in total. The first kappa shape index (κ1) is 18.3. The van der Waals surface area contributed by atoms with Gasteiger partial charge in [-0.1, -0.05) is 36.4 Å². The van der Waals surface area contributed by atoms with E-state index in [0.717, 1.165) is 25.9 Å². The fourth-order valence-electron chi connectivity index (χ4n) is 4.35. The Kier molecular flexibility index (Phi) is 4.60. The van der Waals surface area contributed by atoms with E-state index in [9.17, 15) is 9.59 Å². The van der Waals surface area contributed by atoms with E-state index < -0.39 is 0 Å². The van der Waals surface area contributed by atoms with Crippen molar-refractivity contribution < 1.29 is 9.53 Å². The number of nitrogens with zero attached hydrogens (tertiary/aromatic N) is 1. The van der Waals surface area contributed by atoms with Gasteiger partial charge in [0.25, 0.3) is 5.91 Å². The van der Waals surface area contributed by atoms with Gasteiger partial charge >= 0.3 is 0 Å². The Balaban J connectivity index is 1.38.